The molecule has 2 saturated heterocycles. The van der Waals surface area contributed by atoms with Crippen LogP contribution in [0.3, 0.4) is 0 Å². The Balaban J connectivity index is 1.64. The Morgan fingerprint density at radius 1 is 1.19 bits per heavy atom. The summed E-state index contributed by atoms with van der Waals surface area (Å²) in [6.45, 7) is 6.81. The molecule has 2 aliphatic heterocycles. The van der Waals surface area contributed by atoms with Gasteiger partial charge in [0.05, 0.1) is 11.0 Å². The number of hydrogen-bond donors (Lipinski definition) is 3. The minimum Gasteiger partial charge on any atom is -0.391 e. The van der Waals surface area contributed by atoms with Crippen molar-refractivity contribution in [3.8, 4) is 0 Å². The van der Waals surface area contributed by atoms with Gasteiger partial charge < -0.3 is 15.7 Å². The van der Waals surface area contributed by atoms with Crippen LogP contribution in [-0.2, 0) is 10.0 Å². The van der Waals surface area contributed by atoms with Gasteiger partial charge >= 0.3 is 0 Å². The van der Waals surface area contributed by atoms with Crippen LogP contribution >= 0.6 is 0 Å². The maximum atomic E-state index is 12.9. The third-order valence-corrected chi connectivity index (χ3v) is 7.26. The zero-order valence-electron chi connectivity index (χ0n) is 15.9. The number of benzene rings is 1. The van der Waals surface area contributed by atoms with Crippen LogP contribution in [0.1, 0.15) is 30.6 Å². The van der Waals surface area contributed by atoms with Gasteiger partial charge in [0.15, 0.2) is 0 Å². The number of piperidine rings is 1. The van der Waals surface area contributed by atoms with E-state index in [0.29, 0.717) is 50.1 Å². The molecule has 27 heavy (non-hydrogen) atoms. The number of nitrogens with zero attached hydrogens (tertiary/aromatic N) is 1. The highest BCUT2D eigenvalue weighted by atomic mass is 32.2. The molecule has 0 aliphatic carbocycles. The predicted molar refractivity (Wildman–Crippen MR) is 103 cm³/mol. The first-order chi connectivity index (χ1) is 12.8. The van der Waals surface area contributed by atoms with Gasteiger partial charge in [0, 0.05) is 44.2 Å². The Hall–Kier alpha value is -1.48. The fourth-order valence-electron chi connectivity index (χ4n) is 3.98. The second-order valence-electron chi connectivity index (χ2n) is 7.99. The van der Waals surface area contributed by atoms with E-state index < -0.39 is 16.1 Å². The first-order valence-electron chi connectivity index (χ1n) is 9.54. The number of nitrogens with one attached hydrogen (secondary N) is 2. The van der Waals surface area contributed by atoms with Gasteiger partial charge in [-0.2, -0.15) is 4.31 Å². The van der Waals surface area contributed by atoms with E-state index in [1.54, 1.807) is 16.4 Å². The summed E-state index contributed by atoms with van der Waals surface area (Å²) in [6, 6.07) is 6.09. The van der Waals surface area contributed by atoms with Crippen LogP contribution < -0.4 is 10.6 Å². The van der Waals surface area contributed by atoms with E-state index in [0.717, 1.165) is 6.42 Å². The lowest BCUT2D eigenvalue weighted by Gasteiger charge is -2.34. The highest BCUT2D eigenvalue weighted by Crippen LogP contribution is 2.26. The minimum atomic E-state index is -3.54. The standard InChI is InChI=1S/C19H29N3O4S/c1-13-7-14(2)12-22(11-13)27(25,26)17-5-3-15(4-6-17)19(24)21-9-16-8-20-10-18(16)23/h3-6,13-14,16,18,20,23H,7-12H2,1-2H3,(H,21,24). The van der Waals surface area contributed by atoms with Gasteiger partial charge in [-0.25, -0.2) is 8.42 Å². The lowest BCUT2D eigenvalue weighted by molar-refractivity contribution is 0.0927. The van der Waals surface area contributed by atoms with Crippen molar-refractivity contribution in [2.45, 2.75) is 31.3 Å². The fourth-order valence-corrected chi connectivity index (χ4v) is 5.66. The first-order valence-corrected chi connectivity index (χ1v) is 11.0. The summed E-state index contributed by atoms with van der Waals surface area (Å²) in [5.74, 6) is 0.415. The zero-order chi connectivity index (χ0) is 19.6. The molecule has 0 saturated carbocycles. The Bertz CT molecular complexity index is 756. The van der Waals surface area contributed by atoms with Crippen molar-refractivity contribution in [2.24, 2.45) is 17.8 Å². The van der Waals surface area contributed by atoms with Crippen LogP contribution in [0.25, 0.3) is 0 Å². The van der Waals surface area contributed by atoms with E-state index in [2.05, 4.69) is 24.5 Å². The lowest BCUT2D eigenvalue weighted by atomic mass is 9.94. The molecule has 2 heterocycles. The molecule has 2 fully saturated rings. The van der Waals surface area contributed by atoms with E-state index in [9.17, 15) is 18.3 Å². The Labute approximate surface area is 161 Å². The molecule has 3 rings (SSSR count). The number of β-amino-alcohol motifs (C(OH)–C–C–N with tert-alkyl or cyclic N) is 1. The Kier molecular flexibility index (Phi) is 6.20. The summed E-state index contributed by atoms with van der Waals surface area (Å²) >= 11 is 0. The van der Waals surface area contributed by atoms with Crippen LogP contribution in [0.5, 0.6) is 0 Å². The monoisotopic (exact) mass is 395 g/mol. The summed E-state index contributed by atoms with van der Waals surface area (Å²) < 4.78 is 27.3. The summed E-state index contributed by atoms with van der Waals surface area (Å²) in [7, 11) is -3.54. The quantitative estimate of drug-likeness (QED) is 0.680. The topological polar surface area (TPSA) is 98.7 Å². The molecule has 0 aromatic heterocycles. The molecule has 7 nitrogen and oxygen atoms in total. The summed E-state index contributed by atoms with van der Waals surface area (Å²) in [4.78, 5) is 12.5. The van der Waals surface area contributed by atoms with E-state index >= 15 is 0 Å². The number of aliphatic hydroxyl groups is 1. The highest BCUT2D eigenvalue weighted by molar-refractivity contribution is 7.89. The number of carbonyl (C=O) groups excluding carboxylic acids is 1. The van der Waals surface area contributed by atoms with E-state index in [-0.39, 0.29) is 16.7 Å². The number of carbonyl (C=O) groups is 1. The number of aliphatic hydroxyl groups excluding tert-OH is 1. The van der Waals surface area contributed by atoms with E-state index in [1.807, 2.05) is 0 Å². The molecule has 0 spiro atoms. The van der Waals surface area contributed by atoms with Crippen molar-refractivity contribution in [3.63, 3.8) is 0 Å². The molecule has 0 bridgehead atoms. The minimum absolute atomic E-state index is 0.00307. The Morgan fingerprint density at radius 2 is 1.81 bits per heavy atom. The van der Waals surface area contributed by atoms with Gasteiger partial charge in [0.25, 0.3) is 5.91 Å². The van der Waals surface area contributed by atoms with Crippen LogP contribution in [0, 0.1) is 17.8 Å². The number of rotatable bonds is 5. The molecule has 150 valence electrons. The molecular formula is C19H29N3O4S. The summed E-state index contributed by atoms with van der Waals surface area (Å²) in [5, 5.41) is 15.7. The summed E-state index contributed by atoms with van der Waals surface area (Å²) in [6.07, 6.45) is 0.586. The van der Waals surface area contributed by atoms with Gasteiger partial charge in [-0.1, -0.05) is 13.8 Å². The average molecular weight is 396 g/mol. The molecule has 8 heteroatoms. The lowest BCUT2D eigenvalue weighted by Crippen LogP contribution is -2.42. The van der Waals surface area contributed by atoms with Crippen molar-refractivity contribution in [1.82, 2.24) is 14.9 Å². The van der Waals surface area contributed by atoms with Gasteiger partial charge in [-0.15, -0.1) is 0 Å². The van der Waals surface area contributed by atoms with Crippen molar-refractivity contribution >= 4 is 15.9 Å². The molecule has 4 atom stereocenters. The smallest absolute Gasteiger partial charge is 0.251 e. The van der Waals surface area contributed by atoms with Crippen LogP contribution in [0.4, 0.5) is 0 Å². The van der Waals surface area contributed by atoms with Crippen LogP contribution in [-0.4, -0.2) is 62.6 Å². The van der Waals surface area contributed by atoms with Crippen molar-refractivity contribution in [2.75, 3.05) is 32.7 Å². The zero-order valence-corrected chi connectivity index (χ0v) is 16.7. The predicted octanol–water partition coefficient (Wildman–Crippen LogP) is 0.663. The Morgan fingerprint density at radius 3 is 2.37 bits per heavy atom. The van der Waals surface area contributed by atoms with Gasteiger partial charge in [-0.05, 0) is 42.5 Å². The van der Waals surface area contributed by atoms with Gasteiger partial charge in [0.1, 0.15) is 0 Å². The molecule has 2 aliphatic rings. The molecular weight excluding hydrogens is 366 g/mol. The third kappa shape index (κ3) is 4.68. The van der Waals surface area contributed by atoms with Crippen LogP contribution in [0.15, 0.2) is 29.2 Å². The van der Waals surface area contributed by atoms with E-state index in [4.69, 9.17) is 0 Å². The second-order valence-corrected chi connectivity index (χ2v) is 9.93. The SMILES string of the molecule is CC1CC(C)CN(S(=O)(=O)c2ccc(C(=O)NCC3CNCC3O)cc2)C1. The maximum absolute atomic E-state index is 12.9. The van der Waals surface area contributed by atoms with E-state index in [1.165, 1.54) is 12.1 Å². The molecule has 1 aromatic rings. The first kappa shape index (κ1) is 20.3. The van der Waals surface area contributed by atoms with Gasteiger partial charge in [-0.3, -0.25) is 4.79 Å². The molecule has 1 amide bonds. The van der Waals surface area contributed by atoms with Crippen molar-refractivity contribution in [1.29, 1.82) is 0 Å². The molecule has 3 N–H and O–H groups in total. The number of sulfonamides is 1. The average Bonchev–Trinajstić information content (AvgIpc) is 3.04. The maximum Gasteiger partial charge on any atom is 0.251 e. The van der Waals surface area contributed by atoms with Crippen molar-refractivity contribution < 1.29 is 18.3 Å². The molecule has 1 aromatic carbocycles. The second kappa shape index (κ2) is 8.26. The number of amides is 1. The summed E-state index contributed by atoms with van der Waals surface area (Å²) in [5.41, 5.74) is 0.412. The largest absolute Gasteiger partial charge is 0.391 e. The van der Waals surface area contributed by atoms with Crippen molar-refractivity contribution in [3.05, 3.63) is 29.8 Å². The van der Waals surface area contributed by atoms with Crippen LogP contribution in [0.2, 0.25) is 0 Å². The molecule has 0 radical (unpaired) electrons. The third-order valence-electron chi connectivity index (χ3n) is 5.42. The fraction of sp³-hybridized carbons (Fsp3) is 0.632. The highest BCUT2D eigenvalue weighted by Gasteiger charge is 2.31. The number of hydrogen-bond acceptors (Lipinski definition) is 5. The normalized spacial score (nSPS) is 29.6. The molecule has 4 unspecified atom stereocenters. The van der Waals surface area contributed by atoms with Gasteiger partial charge in [0.2, 0.25) is 10.0 Å².